The van der Waals surface area contributed by atoms with Gasteiger partial charge in [0.25, 0.3) is 0 Å². The second kappa shape index (κ2) is 9.70. The summed E-state index contributed by atoms with van der Waals surface area (Å²) in [6.45, 7) is 12.9. The lowest BCUT2D eigenvalue weighted by atomic mass is 9.85. The Hall–Kier alpha value is -2.58. The number of aryl methyl sites for hydroxylation is 4. The summed E-state index contributed by atoms with van der Waals surface area (Å²) in [7, 11) is 0. The minimum Gasteiger partial charge on any atom is -0.385 e. The SMILES string of the molecule is CCCC(O)(CCC)c1ccc(N(c2ccc(C)cc2C)c2ccc(C)cc2C)cc1. The van der Waals surface area contributed by atoms with Gasteiger partial charge in [-0.05, 0) is 81.5 Å². The van der Waals surface area contributed by atoms with E-state index in [0.29, 0.717) is 0 Å². The molecule has 31 heavy (non-hydrogen) atoms. The number of hydrogen-bond donors (Lipinski definition) is 1. The molecule has 1 N–H and O–H groups in total. The van der Waals surface area contributed by atoms with E-state index in [1.807, 2.05) is 0 Å². The normalized spacial score (nSPS) is 11.6. The first-order valence-electron chi connectivity index (χ1n) is 11.6. The number of aliphatic hydroxyl groups is 1. The van der Waals surface area contributed by atoms with Crippen molar-refractivity contribution in [3.8, 4) is 0 Å². The van der Waals surface area contributed by atoms with Crippen molar-refractivity contribution in [3.63, 3.8) is 0 Å². The van der Waals surface area contributed by atoms with E-state index in [1.165, 1.54) is 33.6 Å². The zero-order valence-electron chi connectivity index (χ0n) is 20.0. The van der Waals surface area contributed by atoms with Gasteiger partial charge in [0.05, 0.1) is 5.60 Å². The van der Waals surface area contributed by atoms with Gasteiger partial charge in [0.2, 0.25) is 0 Å². The topological polar surface area (TPSA) is 23.5 Å². The average Bonchev–Trinajstić information content (AvgIpc) is 2.72. The van der Waals surface area contributed by atoms with Crippen molar-refractivity contribution < 1.29 is 5.11 Å². The Morgan fingerprint density at radius 1 is 0.677 bits per heavy atom. The molecule has 0 saturated carbocycles. The molecule has 3 rings (SSSR count). The Kier molecular flexibility index (Phi) is 7.23. The van der Waals surface area contributed by atoms with E-state index >= 15 is 0 Å². The highest BCUT2D eigenvalue weighted by molar-refractivity contribution is 5.80. The highest BCUT2D eigenvalue weighted by Gasteiger charge is 2.27. The van der Waals surface area contributed by atoms with Crippen LogP contribution in [0.25, 0.3) is 0 Å². The molecule has 0 amide bonds. The van der Waals surface area contributed by atoms with Gasteiger partial charge < -0.3 is 10.0 Å². The third-order valence-corrected chi connectivity index (χ3v) is 6.18. The minimum atomic E-state index is -0.744. The number of hydrogen-bond acceptors (Lipinski definition) is 2. The molecular formula is C29H37NO. The maximum atomic E-state index is 11.3. The molecule has 0 bridgehead atoms. The fourth-order valence-corrected chi connectivity index (χ4v) is 4.68. The molecule has 164 valence electrons. The van der Waals surface area contributed by atoms with Crippen molar-refractivity contribution in [2.24, 2.45) is 0 Å². The number of rotatable bonds is 8. The van der Waals surface area contributed by atoms with E-state index in [-0.39, 0.29) is 0 Å². The lowest BCUT2D eigenvalue weighted by Gasteiger charge is -2.31. The van der Waals surface area contributed by atoms with Crippen LogP contribution in [0, 0.1) is 27.7 Å². The minimum absolute atomic E-state index is 0.744. The Morgan fingerprint density at radius 2 is 1.13 bits per heavy atom. The van der Waals surface area contributed by atoms with Crippen molar-refractivity contribution in [2.45, 2.75) is 72.8 Å². The molecule has 0 heterocycles. The van der Waals surface area contributed by atoms with Gasteiger partial charge in [0.1, 0.15) is 0 Å². The molecule has 0 spiro atoms. The zero-order valence-corrected chi connectivity index (χ0v) is 20.0. The van der Waals surface area contributed by atoms with Crippen LogP contribution in [-0.2, 0) is 5.60 Å². The van der Waals surface area contributed by atoms with Gasteiger partial charge in [-0.25, -0.2) is 0 Å². The van der Waals surface area contributed by atoms with Gasteiger partial charge in [-0.2, -0.15) is 0 Å². The van der Waals surface area contributed by atoms with E-state index in [1.54, 1.807) is 0 Å². The molecule has 0 unspecified atom stereocenters. The van der Waals surface area contributed by atoms with Crippen LogP contribution in [-0.4, -0.2) is 5.11 Å². The van der Waals surface area contributed by atoms with Gasteiger partial charge >= 0.3 is 0 Å². The Balaban J connectivity index is 2.12. The van der Waals surface area contributed by atoms with Crippen molar-refractivity contribution in [2.75, 3.05) is 4.90 Å². The molecule has 0 fully saturated rings. The Labute approximate surface area is 188 Å². The maximum absolute atomic E-state index is 11.3. The van der Waals surface area contributed by atoms with Gasteiger partial charge in [-0.15, -0.1) is 0 Å². The predicted octanol–water partition coefficient (Wildman–Crippen LogP) is 8.18. The van der Waals surface area contributed by atoms with Crippen LogP contribution in [0.15, 0.2) is 60.7 Å². The number of nitrogens with zero attached hydrogens (tertiary/aromatic N) is 1. The summed E-state index contributed by atoms with van der Waals surface area (Å²) in [4.78, 5) is 2.34. The van der Waals surface area contributed by atoms with E-state index in [0.717, 1.165) is 36.9 Å². The quantitative estimate of drug-likeness (QED) is 0.401. The van der Waals surface area contributed by atoms with Gasteiger partial charge in [-0.3, -0.25) is 0 Å². The Morgan fingerprint density at radius 3 is 1.52 bits per heavy atom. The van der Waals surface area contributed by atoms with Crippen LogP contribution in [0.1, 0.15) is 67.3 Å². The molecule has 0 radical (unpaired) electrons. The highest BCUT2D eigenvalue weighted by atomic mass is 16.3. The van der Waals surface area contributed by atoms with Crippen LogP contribution in [0.3, 0.4) is 0 Å². The maximum Gasteiger partial charge on any atom is 0.0896 e. The first-order chi connectivity index (χ1) is 14.8. The summed E-state index contributed by atoms with van der Waals surface area (Å²) >= 11 is 0. The monoisotopic (exact) mass is 415 g/mol. The smallest absolute Gasteiger partial charge is 0.0896 e. The van der Waals surface area contributed by atoms with Crippen molar-refractivity contribution in [1.29, 1.82) is 0 Å². The van der Waals surface area contributed by atoms with Crippen molar-refractivity contribution in [3.05, 3.63) is 88.5 Å². The molecule has 0 aliphatic carbocycles. The molecule has 2 nitrogen and oxygen atoms in total. The van der Waals surface area contributed by atoms with E-state index in [4.69, 9.17) is 0 Å². The van der Waals surface area contributed by atoms with Crippen molar-refractivity contribution in [1.82, 2.24) is 0 Å². The lowest BCUT2D eigenvalue weighted by molar-refractivity contribution is 0.0170. The fraction of sp³-hybridized carbons (Fsp3) is 0.379. The fourth-order valence-electron chi connectivity index (χ4n) is 4.68. The molecule has 3 aromatic carbocycles. The molecule has 0 saturated heterocycles. The van der Waals surface area contributed by atoms with E-state index in [2.05, 4.69) is 107 Å². The summed E-state index contributed by atoms with van der Waals surface area (Å²) in [6, 6.07) is 21.8. The molecular weight excluding hydrogens is 378 g/mol. The van der Waals surface area contributed by atoms with Crippen molar-refractivity contribution >= 4 is 17.1 Å². The second-order valence-electron chi connectivity index (χ2n) is 8.99. The largest absolute Gasteiger partial charge is 0.385 e. The third kappa shape index (κ3) is 5.02. The molecule has 3 aromatic rings. The van der Waals surface area contributed by atoms with Crippen LogP contribution >= 0.6 is 0 Å². The summed E-state index contributed by atoms with van der Waals surface area (Å²) in [5.41, 5.74) is 8.77. The molecule has 0 atom stereocenters. The van der Waals surface area contributed by atoms with E-state index in [9.17, 15) is 5.11 Å². The summed E-state index contributed by atoms with van der Waals surface area (Å²) < 4.78 is 0. The molecule has 0 aliphatic rings. The molecule has 2 heteroatoms. The number of anilines is 3. The Bertz CT molecular complexity index is 962. The van der Waals surface area contributed by atoms with Crippen LogP contribution in [0.2, 0.25) is 0 Å². The van der Waals surface area contributed by atoms with Crippen LogP contribution < -0.4 is 4.90 Å². The zero-order chi connectivity index (χ0) is 22.6. The van der Waals surface area contributed by atoms with Crippen LogP contribution in [0.5, 0.6) is 0 Å². The van der Waals surface area contributed by atoms with Crippen LogP contribution in [0.4, 0.5) is 17.1 Å². The average molecular weight is 416 g/mol. The highest BCUT2D eigenvalue weighted by Crippen LogP contribution is 2.40. The molecule has 0 aliphatic heterocycles. The second-order valence-corrected chi connectivity index (χ2v) is 8.99. The first-order valence-corrected chi connectivity index (χ1v) is 11.6. The first kappa shape index (κ1) is 23.1. The van der Waals surface area contributed by atoms with E-state index < -0.39 is 5.60 Å². The summed E-state index contributed by atoms with van der Waals surface area (Å²) in [5, 5.41) is 11.3. The lowest BCUT2D eigenvalue weighted by Crippen LogP contribution is -2.25. The van der Waals surface area contributed by atoms with Gasteiger partial charge in [0, 0.05) is 17.1 Å². The molecule has 0 aromatic heterocycles. The summed E-state index contributed by atoms with van der Waals surface area (Å²) in [6.07, 6.45) is 3.51. The standard InChI is InChI=1S/C29H37NO/c1-7-17-29(31,18-8-2)25-11-13-26(14-12-25)30(27-15-9-21(3)19-23(27)5)28-16-10-22(4)20-24(28)6/h9-16,19-20,31H,7-8,17-18H2,1-6H3. The number of benzene rings is 3. The third-order valence-electron chi connectivity index (χ3n) is 6.18. The summed E-state index contributed by atoms with van der Waals surface area (Å²) in [5.74, 6) is 0. The van der Waals surface area contributed by atoms with Gasteiger partial charge in [-0.1, -0.05) is 74.2 Å². The predicted molar refractivity (Wildman–Crippen MR) is 134 cm³/mol. The van der Waals surface area contributed by atoms with Gasteiger partial charge in [0.15, 0.2) is 0 Å².